The van der Waals surface area contributed by atoms with Gasteiger partial charge >= 0.3 is 6.18 Å². The van der Waals surface area contributed by atoms with Crippen molar-refractivity contribution in [2.24, 2.45) is 0 Å². The minimum Gasteiger partial charge on any atom is -0.348 e. The Kier molecular flexibility index (Phi) is 4.86. The third-order valence-electron chi connectivity index (χ3n) is 3.13. The van der Waals surface area contributed by atoms with E-state index in [1.807, 2.05) is 13.0 Å². The molecular formula is C14H20F3N3. The van der Waals surface area contributed by atoms with Gasteiger partial charge in [0.1, 0.15) is 12.4 Å². The minimum absolute atomic E-state index is 0.353. The van der Waals surface area contributed by atoms with E-state index in [1.165, 1.54) is 17.7 Å². The molecule has 0 aliphatic heterocycles. The van der Waals surface area contributed by atoms with Crippen molar-refractivity contribution >= 4 is 5.82 Å². The molecule has 3 nitrogen and oxygen atoms in total. The molecular weight excluding hydrogens is 267 g/mol. The number of nitrogens with one attached hydrogen (secondary N) is 1. The number of nitrogens with zero attached hydrogens (tertiary/aromatic N) is 2. The van der Waals surface area contributed by atoms with Crippen molar-refractivity contribution in [2.45, 2.75) is 44.9 Å². The van der Waals surface area contributed by atoms with E-state index in [2.05, 4.69) is 10.3 Å². The smallest absolute Gasteiger partial charge is 0.348 e. The van der Waals surface area contributed by atoms with Crippen molar-refractivity contribution in [2.75, 3.05) is 18.0 Å². The van der Waals surface area contributed by atoms with Crippen molar-refractivity contribution in [1.82, 2.24) is 10.3 Å². The zero-order valence-corrected chi connectivity index (χ0v) is 11.6. The van der Waals surface area contributed by atoms with Crippen LogP contribution in [-0.4, -0.2) is 30.3 Å². The number of aromatic nitrogens is 1. The summed E-state index contributed by atoms with van der Waals surface area (Å²) >= 11 is 0. The Morgan fingerprint density at radius 3 is 2.70 bits per heavy atom. The van der Waals surface area contributed by atoms with Gasteiger partial charge in [0.2, 0.25) is 0 Å². The predicted molar refractivity (Wildman–Crippen MR) is 72.7 cm³/mol. The summed E-state index contributed by atoms with van der Waals surface area (Å²) in [4.78, 5) is 5.63. The molecule has 0 saturated heterocycles. The van der Waals surface area contributed by atoms with Gasteiger partial charge in [-0.1, -0.05) is 13.0 Å². The average molecular weight is 287 g/mol. The maximum Gasteiger partial charge on any atom is 0.405 e. The fourth-order valence-electron chi connectivity index (χ4n) is 2.04. The molecule has 0 aromatic carbocycles. The average Bonchev–Trinajstić information content (AvgIpc) is 3.19. The van der Waals surface area contributed by atoms with Gasteiger partial charge in [0.05, 0.1) is 5.69 Å². The molecule has 6 heteroatoms. The van der Waals surface area contributed by atoms with Crippen LogP contribution in [0.15, 0.2) is 18.2 Å². The monoisotopic (exact) mass is 287 g/mol. The number of hydrogen-bond donors (Lipinski definition) is 1. The highest BCUT2D eigenvalue weighted by Gasteiger charge is 2.31. The van der Waals surface area contributed by atoms with E-state index in [1.54, 1.807) is 12.1 Å². The van der Waals surface area contributed by atoms with Crippen LogP contribution in [0, 0.1) is 0 Å². The zero-order valence-electron chi connectivity index (χ0n) is 11.6. The second kappa shape index (κ2) is 6.43. The molecule has 1 fully saturated rings. The Morgan fingerprint density at radius 1 is 1.35 bits per heavy atom. The second-order valence-electron chi connectivity index (χ2n) is 5.18. The van der Waals surface area contributed by atoms with Gasteiger partial charge in [0.15, 0.2) is 0 Å². The minimum atomic E-state index is -4.21. The molecule has 0 atom stereocenters. The summed E-state index contributed by atoms with van der Waals surface area (Å²) in [5, 5.41) is 3.32. The van der Waals surface area contributed by atoms with Crippen LogP contribution in [0.2, 0.25) is 0 Å². The van der Waals surface area contributed by atoms with Crippen LogP contribution >= 0.6 is 0 Å². The Labute approximate surface area is 117 Å². The number of pyridine rings is 1. The molecule has 2 rings (SSSR count). The van der Waals surface area contributed by atoms with Crippen LogP contribution in [0.25, 0.3) is 0 Å². The summed E-state index contributed by atoms with van der Waals surface area (Å²) in [7, 11) is 0. The van der Waals surface area contributed by atoms with Crippen LogP contribution < -0.4 is 10.2 Å². The van der Waals surface area contributed by atoms with E-state index in [0.29, 0.717) is 31.4 Å². The molecule has 1 saturated carbocycles. The Hall–Kier alpha value is -1.30. The van der Waals surface area contributed by atoms with Crippen LogP contribution in [0.3, 0.4) is 0 Å². The topological polar surface area (TPSA) is 28.2 Å². The Bertz CT molecular complexity index is 430. The maximum absolute atomic E-state index is 12.6. The fourth-order valence-corrected chi connectivity index (χ4v) is 2.04. The molecule has 0 bridgehead atoms. The van der Waals surface area contributed by atoms with E-state index >= 15 is 0 Å². The third-order valence-corrected chi connectivity index (χ3v) is 3.13. The molecule has 1 N–H and O–H groups in total. The molecule has 1 aromatic rings. The fraction of sp³-hybridized carbons (Fsp3) is 0.643. The molecule has 0 unspecified atom stereocenters. The largest absolute Gasteiger partial charge is 0.405 e. The van der Waals surface area contributed by atoms with Gasteiger partial charge in [-0.15, -0.1) is 0 Å². The van der Waals surface area contributed by atoms with Gasteiger partial charge in [-0.3, -0.25) is 0 Å². The van der Waals surface area contributed by atoms with Crippen LogP contribution in [0.1, 0.15) is 31.9 Å². The highest BCUT2D eigenvalue weighted by Crippen LogP contribution is 2.22. The normalized spacial score (nSPS) is 15.4. The van der Waals surface area contributed by atoms with Crippen molar-refractivity contribution in [3.8, 4) is 0 Å². The van der Waals surface area contributed by atoms with Gasteiger partial charge in [0, 0.05) is 19.1 Å². The van der Waals surface area contributed by atoms with Crippen LogP contribution in [0.4, 0.5) is 19.0 Å². The SMILES string of the molecule is CCCN(CC(F)(F)F)c1cccc(CNC2CC2)n1. The predicted octanol–water partition coefficient (Wildman–Crippen LogP) is 3.11. The molecule has 0 radical (unpaired) electrons. The molecule has 112 valence electrons. The number of rotatable bonds is 7. The number of anilines is 1. The Balaban J connectivity index is 2.04. The summed E-state index contributed by atoms with van der Waals surface area (Å²) in [6.07, 6.45) is -1.20. The van der Waals surface area contributed by atoms with Gasteiger partial charge in [0.25, 0.3) is 0 Å². The molecule has 0 amide bonds. The van der Waals surface area contributed by atoms with E-state index in [9.17, 15) is 13.2 Å². The van der Waals surface area contributed by atoms with Crippen molar-refractivity contribution < 1.29 is 13.2 Å². The second-order valence-corrected chi connectivity index (χ2v) is 5.18. The van der Waals surface area contributed by atoms with Gasteiger partial charge in [-0.25, -0.2) is 4.98 Å². The van der Waals surface area contributed by atoms with Gasteiger partial charge in [-0.05, 0) is 31.4 Å². The summed E-state index contributed by atoms with van der Waals surface area (Å²) in [5.74, 6) is 0.402. The van der Waals surface area contributed by atoms with E-state index in [4.69, 9.17) is 0 Å². The number of alkyl halides is 3. The molecule has 1 aliphatic rings. The van der Waals surface area contributed by atoms with Crippen LogP contribution in [0.5, 0.6) is 0 Å². The molecule has 1 heterocycles. The summed E-state index contributed by atoms with van der Waals surface area (Å²) in [5.41, 5.74) is 0.790. The zero-order chi connectivity index (χ0) is 14.6. The lowest BCUT2D eigenvalue weighted by Crippen LogP contribution is -2.35. The first-order valence-electron chi connectivity index (χ1n) is 6.99. The maximum atomic E-state index is 12.6. The highest BCUT2D eigenvalue weighted by atomic mass is 19.4. The lowest BCUT2D eigenvalue weighted by molar-refractivity contribution is -0.119. The van der Waals surface area contributed by atoms with Crippen LogP contribution in [-0.2, 0) is 6.54 Å². The first kappa shape index (κ1) is 15.1. The van der Waals surface area contributed by atoms with E-state index in [0.717, 1.165) is 5.69 Å². The highest BCUT2D eigenvalue weighted by molar-refractivity contribution is 5.39. The molecule has 20 heavy (non-hydrogen) atoms. The summed E-state index contributed by atoms with van der Waals surface area (Å²) in [6, 6.07) is 5.81. The van der Waals surface area contributed by atoms with Crippen molar-refractivity contribution in [3.05, 3.63) is 23.9 Å². The lowest BCUT2D eigenvalue weighted by atomic mass is 10.3. The molecule has 0 spiro atoms. The first-order chi connectivity index (χ1) is 9.48. The van der Waals surface area contributed by atoms with Crippen molar-refractivity contribution in [1.29, 1.82) is 0 Å². The summed E-state index contributed by atoms with van der Waals surface area (Å²) in [6.45, 7) is 1.88. The third kappa shape index (κ3) is 5.00. The first-order valence-corrected chi connectivity index (χ1v) is 6.99. The molecule has 1 aromatic heterocycles. The van der Waals surface area contributed by atoms with Gasteiger partial charge in [-0.2, -0.15) is 13.2 Å². The van der Waals surface area contributed by atoms with E-state index in [-0.39, 0.29) is 0 Å². The Morgan fingerprint density at radius 2 is 2.10 bits per heavy atom. The van der Waals surface area contributed by atoms with Crippen molar-refractivity contribution in [3.63, 3.8) is 0 Å². The summed E-state index contributed by atoms with van der Waals surface area (Å²) < 4.78 is 37.8. The number of hydrogen-bond acceptors (Lipinski definition) is 3. The van der Waals surface area contributed by atoms with Gasteiger partial charge < -0.3 is 10.2 Å². The van der Waals surface area contributed by atoms with E-state index < -0.39 is 12.7 Å². The molecule has 1 aliphatic carbocycles. The standard InChI is InChI=1S/C14H20F3N3/c1-2-8-20(10-14(15,16)17)13-5-3-4-12(19-13)9-18-11-6-7-11/h3-5,11,18H,2,6-10H2,1H3. The lowest BCUT2D eigenvalue weighted by Gasteiger charge is -2.24. The number of halogens is 3. The quantitative estimate of drug-likeness (QED) is 0.835.